The summed E-state index contributed by atoms with van der Waals surface area (Å²) in [6, 6.07) is 0. The van der Waals surface area contributed by atoms with Crippen molar-refractivity contribution in [2.75, 3.05) is 0 Å². The quantitative estimate of drug-likeness (QED) is 0.606. The molecule has 4 nitrogen and oxygen atoms in total. The summed E-state index contributed by atoms with van der Waals surface area (Å²) in [5.41, 5.74) is 0. The summed E-state index contributed by atoms with van der Waals surface area (Å²) in [5.74, 6) is 1.18. The van der Waals surface area contributed by atoms with Gasteiger partial charge in [-0.2, -0.15) is 5.10 Å². The fraction of sp³-hybridized carbons (Fsp3) is 0.667. The molecule has 0 saturated heterocycles. The monoisotopic (exact) mass is 143 g/mol. The molecule has 0 amide bonds. The van der Waals surface area contributed by atoms with Crippen molar-refractivity contribution in [2.24, 2.45) is 0 Å². The van der Waals surface area contributed by atoms with Gasteiger partial charge in [-0.05, 0) is 6.92 Å². The van der Waals surface area contributed by atoms with Gasteiger partial charge in [0.1, 0.15) is 12.4 Å². The van der Waals surface area contributed by atoms with Gasteiger partial charge >= 0.3 is 0 Å². The van der Waals surface area contributed by atoms with Gasteiger partial charge < -0.3 is 5.11 Å². The van der Waals surface area contributed by atoms with E-state index in [9.17, 15) is 0 Å². The molecule has 10 heavy (non-hydrogen) atoms. The Labute approximate surface area is 60.3 Å². The molecule has 4 heteroatoms. The SMILES string of the molecule is CC.Cc1nc(CO)n[nH]1. The molecule has 2 N–H and O–H groups in total. The molecule has 0 aliphatic heterocycles. The lowest BCUT2D eigenvalue weighted by Gasteiger charge is -1.76. The number of hydrogen-bond acceptors (Lipinski definition) is 3. The largest absolute Gasteiger partial charge is 0.388 e. The maximum absolute atomic E-state index is 8.41. The van der Waals surface area contributed by atoms with Crippen molar-refractivity contribution < 1.29 is 5.11 Å². The number of rotatable bonds is 1. The molecular weight excluding hydrogens is 130 g/mol. The third-order valence-electron chi connectivity index (χ3n) is 0.785. The Morgan fingerprint density at radius 3 is 2.30 bits per heavy atom. The van der Waals surface area contributed by atoms with Gasteiger partial charge in [0.2, 0.25) is 0 Å². The number of aromatic amines is 1. The molecule has 0 aliphatic carbocycles. The highest BCUT2D eigenvalue weighted by Gasteiger charge is 1.93. The van der Waals surface area contributed by atoms with Gasteiger partial charge in [-0.25, -0.2) is 4.98 Å². The van der Waals surface area contributed by atoms with Crippen LogP contribution in [-0.4, -0.2) is 20.3 Å². The van der Waals surface area contributed by atoms with E-state index in [1.54, 1.807) is 6.92 Å². The second-order valence-corrected chi connectivity index (χ2v) is 1.50. The molecule has 58 valence electrons. The van der Waals surface area contributed by atoms with Crippen LogP contribution < -0.4 is 0 Å². The third-order valence-corrected chi connectivity index (χ3v) is 0.785. The first kappa shape index (κ1) is 9.10. The Balaban J connectivity index is 0.000000371. The fourth-order valence-corrected chi connectivity index (χ4v) is 0.460. The molecule has 1 rings (SSSR count). The van der Waals surface area contributed by atoms with E-state index in [1.807, 2.05) is 13.8 Å². The first-order valence-electron chi connectivity index (χ1n) is 3.31. The van der Waals surface area contributed by atoms with E-state index in [1.165, 1.54) is 0 Å². The molecule has 0 radical (unpaired) electrons. The van der Waals surface area contributed by atoms with Gasteiger partial charge in [-0.1, -0.05) is 13.8 Å². The van der Waals surface area contributed by atoms with E-state index in [4.69, 9.17) is 5.11 Å². The van der Waals surface area contributed by atoms with Gasteiger partial charge in [-0.3, -0.25) is 5.10 Å². The van der Waals surface area contributed by atoms with Crippen molar-refractivity contribution in [1.82, 2.24) is 15.2 Å². The molecule has 0 atom stereocenters. The predicted molar refractivity (Wildman–Crippen MR) is 38.4 cm³/mol. The van der Waals surface area contributed by atoms with Crippen LogP contribution in [-0.2, 0) is 6.61 Å². The van der Waals surface area contributed by atoms with E-state index in [0.717, 1.165) is 5.82 Å². The third kappa shape index (κ3) is 2.59. The minimum absolute atomic E-state index is 0.0929. The second-order valence-electron chi connectivity index (χ2n) is 1.50. The zero-order valence-corrected chi connectivity index (χ0v) is 6.55. The summed E-state index contributed by atoms with van der Waals surface area (Å²) in [6.07, 6.45) is 0. The number of aliphatic hydroxyl groups excluding tert-OH is 1. The Bertz CT molecular complexity index is 173. The number of nitrogens with one attached hydrogen (secondary N) is 1. The molecular formula is C6H13N3O. The Morgan fingerprint density at radius 2 is 2.10 bits per heavy atom. The van der Waals surface area contributed by atoms with Crippen LogP contribution in [0.4, 0.5) is 0 Å². The normalized spacial score (nSPS) is 8.40. The number of hydrogen-bond donors (Lipinski definition) is 2. The molecule has 1 aromatic heterocycles. The molecule has 0 bridgehead atoms. The van der Waals surface area contributed by atoms with Crippen molar-refractivity contribution in [3.8, 4) is 0 Å². The molecule has 0 saturated carbocycles. The van der Waals surface area contributed by atoms with Crippen LogP contribution in [0.1, 0.15) is 25.5 Å². The minimum atomic E-state index is -0.0929. The van der Waals surface area contributed by atoms with Crippen LogP contribution in [0.25, 0.3) is 0 Å². The summed E-state index contributed by atoms with van der Waals surface area (Å²) < 4.78 is 0. The molecule has 0 unspecified atom stereocenters. The van der Waals surface area contributed by atoms with Crippen molar-refractivity contribution in [2.45, 2.75) is 27.4 Å². The van der Waals surface area contributed by atoms with E-state index in [2.05, 4.69) is 15.2 Å². The van der Waals surface area contributed by atoms with Crippen LogP contribution in [0.2, 0.25) is 0 Å². The fourth-order valence-electron chi connectivity index (χ4n) is 0.460. The summed E-state index contributed by atoms with van der Waals surface area (Å²) in [5, 5.41) is 14.7. The number of nitrogens with zero attached hydrogens (tertiary/aromatic N) is 2. The zero-order chi connectivity index (χ0) is 7.98. The van der Waals surface area contributed by atoms with Crippen molar-refractivity contribution in [3.63, 3.8) is 0 Å². The van der Waals surface area contributed by atoms with Crippen LogP contribution >= 0.6 is 0 Å². The van der Waals surface area contributed by atoms with Gasteiger partial charge in [0.15, 0.2) is 5.82 Å². The summed E-state index contributed by atoms with van der Waals surface area (Å²) in [6.45, 7) is 5.69. The molecule has 0 spiro atoms. The lowest BCUT2D eigenvalue weighted by molar-refractivity contribution is 0.272. The van der Waals surface area contributed by atoms with Crippen LogP contribution in [0.3, 0.4) is 0 Å². The average molecular weight is 143 g/mol. The lowest BCUT2D eigenvalue weighted by Crippen LogP contribution is -1.83. The average Bonchev–Trinajstić information content (AvgIpc) is 2.40. The highest BCUT2D eigenvalue weighted by atomic mass is 16.3. The summed E-state index contributed by atoms with van der Waals surface area (Å²) >= 11 is 0. The van der Waals surface area contributed by atoms with E-state index in [0.29, 0.717) is 5.82 Å². The zero-order valence-electron chi connectivity index (χ0n) is 6.55. The van der Waals surface area contributed by atoms with E-state index in [-0.39, 0.29) is 6.61 Å². The Hall–Kier alpha value is -0.900. The summed E-state index contributed by atoms with van der Waals surface area (Å²) in [4.78, 5) is 3.81. The first-order chi connectivity index (χ1) is 4.83. The first-order valence-corrected chi connectivity index (χ1v) is 3.31. The number of H-pyrrole nitrogens is 1. The van der Waals surface area contributed by atoms with Gasteiger partial charge in [0, 0.05) is 0 Å². The topological polar surface area (TPSA) is 61.8 Å². The van der Waals surface area contributed by atoms with Crippen LogP contribution in [0, 0.1) is 6.92 Å². The van der Waals surface area contributed by atoms with Gasteiger partial charge in [-0.15, -0.1) is 0 Å². The molecule has 1 heterocycles. The summed E-state index contributed by atoms with van der Waals surface area (Å²) in [7, 11) is 0. The number of aliphatic hydroxyl groups is 1. The van der Waals surface area contributed by atoms with Crippen LogP contribution in [0.15, 0.2) is 0 Å². The van der Waals surface area contributed by atoms with Crippen LogP contribution in [0.5, 0.6) is 0 Å². The predicted octanol–water partition coefficient (Wildman–Crippen LogP) is 0.632. The van der Waals surface area contributed by atoms with Crippen molar-refractivity contribution in [3.05, 3.63) is 11.6 Å². The maximum atomic E-state index is 8.41. The molecule has 0 aromatic carbocycles. The molecule has 0 aliphatic rings. The number of aryl methyl sites for hydroxylation is 1. The highest BCUT2D eigenvalue weighted by Crippen LogP contribution is 1.87. The molecule has 1 aromatic rings. The van der Waals surface area contributed by atoms with Crippen molar-refractivity contribution in [1.29, 1.82) is 0 Å². The standard InChI is InChI=1S/C4H7N3O.C2H6/c1-3-5-4(2-8)7-6-3;1-2/h8H,2H2,1H3,(H,5,6,7);1-2H3. The smallest absolute Gasteiger partial charge is 0.175 e. The number of aromatic nitrogens is 3. The van der Waals surface area contributed by atoms with E-state index < -0.39 is 0 Å². The lowest BCUT2D eigenvalue weighted by atomic mass is 10.7. The minimum Gasteiger partial charge on any atom is -0.388 e. The van der Waals surface area contributed by atoms with E-state index >= 15 is 0 Å². The Kier molecular flexibility index (Phi) is 4.49. The van der Waals surface area contributed by atoms with Gasteiger partial charge in [0.05, 0.1) is 0 Å². The second kappa shape index (κ2) is 4.93. The highest BCUT2D eigenvalue weighted by molar-refractivity contribution is 4.84. The maximum Gasteiger partial charge on any atom is 0.175 e. The van der Waals surface area contributed by atoms with Gasteiger partial charge in [0.25, 0.3) is 0 Å². The molecule has 0 fully saturated rings. The van der Waals surface area contributed by atoms with Crippen molar-refractivity contribution >= 4 is 0 Å². The Morgan fingerprint density at radius 1 is 1.50 bits per heavy atom.